The third kappa shape index (κ3) is 4.42. The van der Waals surface area contributed by atoms with E-state index in [0.29, 0.717) is 6.61 Å². The molecular formula is C27H30ClN3O3. The van der Waals surface area contributed by atoms with Gasteiger partial charge < -0.3 is 14.4 Å². The summed E-state index contributed by atoms with van der Waals surface area (Å²) in [4.78, 5) is 11.7. The maximum absolute atomic E-state index is 11.7. The molecule has 0 radical (unpaired) electrons. The number of aliphatic carboxylic acids is 1. The number of carboxylic acids is 1. The van der Waals surface area contributed by atoms with Gasteiger partial charge in [-0.05, 0) is 76.3 Å². The number of nitrogens with zero attached hydrogens (tertiary/aromatic N) is 2. The van der Waals surface area contributed by atoms with Gasteiger partial charge in [-0.3, -0.25) is 9.89 Å². The molecule has 0 aliphatic heterocycles. The minimum absolute atomic E-state index is 0.0882. The highest BCUT2D eigenvalue weighted by Gasteiger charge is 2.21. The molecule has 4 rings (SSSR count). The van der Waals surface area contributed by atoms with Crippen molar-refractivity contribution in [3.8, 4) is 16.9 Å². The second-order valence-electron chi connectivity index (χ2n) is 8.88. The molecule has 7 heteroatoms. The van der Waals surface area contributed by atoms with Gasteiger partial charge in [0.25, 0.3) is 0 Å². The van der Waals surface area contributed by atoms with Gasteiger partial charge in [-0.25, -0.2) is 0 Å². The molecule has 0 bridgehead atoms. The number of aryl methyl sites for hydroxylation is 5. The summed E-state index contributed by atoms with van der Waals surface area (Å²) >= 11 is 6.27. The van der Waals surface area contributed by atoms with E-state index in [1.54, 1.807) is 0 Å². The van der Waals surface area contributed by atoms with E-state index in [4.69, 9.17) is 16.3 Å². The topological polar surface area (TPSA) is 80.1 Å². The number of fused-ring (bicyclic) bond motifs is 1. The average molecular weight is 480 g/mol. The molecule has 4 aromatic rings. The highest BCUT2D eigenvalue weighted by atomic mass is 35.5. The van der Waals surface area contributed by atoms with Crippen LogP contribution in [0.3, 0.4) is 0 Å². The SMILES string of the molecule is Cc1cc(OCCCc2c(C)n(CC(=O)O)c3c(-c4c(C)n[nH]c4C)cccc23)cc(C)c1Cl. The number of hydrogen-bond acceptors (Lipinski definition) is 3. The molecule has 0 unspecified atom stereocenters. The fourth-order valence-electron chi connectivity index (χ4n) is 4.83. The van der Waals surface area contributed by atoms with E-state index in [1.807, 2.05) is 63.5 Å². The number of aromatic nitrogens is 3. The largest absolute Gasteiger partial charge is 0.494 e. The van der Waals surface area contributed by atoms with Crippen molar-refractivity contribution in [2.45, 2.75) is 54.0 Å². The first-order valence-corrected chi connectivity index (χ1v) is 11.8. The first-order chi connectivity index (χ1) is 16.2. The standard InChI is InChI=1S/C27H30ClN3O3/c1-15-12-20(13-16(2)26(15)28)34-11-7-10-21-19(5)31(14-24(32)33)27-22(21)8-6-9-23(27)25-17(3)29-30-18(25)4/h6,8-9,12-13H,7,10-11,14H2,1-5H3,(H,29,30)(H,32,33). The number of halogens is 1. The molecule has 6 nitrogen and oxygen atoms in total. The van der Waals surface area contributed by atoms with Gasteiger partial charge in [0.2, 0.25) is 0 Å². The zero-order valence-electron chi connectivity index (χ0n) is 20.3. The Bertz CT molecular complexity index is 1340. The predicted octanol–water partition coefficient (Wildman–Crippen LogP) is 6.32. The maximum atomic E-state index is 11.7. The predicted molar refractivity (Wildman–Crippen MR) is 136 cm³/mol. The quantitative estimate of drug-likeness (QED) is 0.290. The van der Waals surface area contributed by atoms with Gasteiger partial charge in [0.05, 0.1) is 17.8 Å². The average Bonchev–Trinajstić information content (AvgIpc) is 3.25. The molecule has 0 saturated carbocycles. The number of hydrogen-bond donors (Lipinski definition) is 2. The fourth-order valence-corrected chi connectivity index (χ4v) is 4.94. The van der Waals surface area contributed by atoms with Crippen molar-refractivity contribution in [2.24, 2.45) is 0 Å². The van der Waals surface area contributed by atoms with Gasteiger partial charge in [0.15, 0.2) is 0 Å². The van der Waals surface area contributed by atoms with Crippen LogP contribution < -0.4 is 4.74 Å². The van der Waals surface area contributed by atoms with Gasteiger partial charge in [-0.1, -0.05) is 29.8 Å². The van der Waals surface area contributed by atoms with Gasteiger partial charge in [-0.2, -0.15) is 5.10 Å². The first-order valence-electron chi connectivity index (χ1n) is 11.4. The number of nitrogens with one attached hydrogen (secondary N) is 1. The molecule has 0 amide bonds. The Kier molecular flexibility index (Phi) is 6.71. The van der Waals surface area contributed by atoms with Crippen molar-refractivity contribution >= 4 is 28.5 Å². The van der Waals surface area contributed by atoms with Crippen LogP contribution in [0.25, 0.3) is 22.0 Å². The van der Waals surface area contributed by atoms with Gasteiger partial charge >= 0.3 is 5.97 Å². The molecule has 0 fully saturated rings. The van der Waals surface area contributed by atoms with Crippen LogP contribution in [-0.4, -0.2) is 32.4 Å². The van der Waals surface area contributed by atoms with Crippen LogP contribution in [-0.2, 0) is 17.8 Å². The van der Waals surface area contributed by atoms with Gasteiger partial charge in [0.1, 0.15) is 12.3 Å². The molecular weight excluding hydrogens is 450 g/mol. The summed E-state index contributed by atoms with van der Waals surface area (Å²) in [5.41, 5.74) is 8.96. The third-order valence-corrected chi connectivity index (χ3v) is 7.01. The molecule has 0 saturated heterocycles. The number of aromatic amines is 1. The van der Waals surface area contributed by atoms with Crippen LogP contribution in [0.1, 0.15) is 40.2 Å². The molecule has 2 aromatic carbocycles. The molecule has 178 valence electrons. The summed E-state index contributed by atoms with van der Waals surface area (Å²) in [6.45, 7) is 10.4. The second kappa shape index (κ2) is 9.55. The van der Waals surface area contributed by atoms with E-state index >= 15 is 0 Å². The second-order valence-corrected chi connectivity index (χ2v) is 9.26. The Morgan fingerprint density at radius 2 is 1.85 bits per heavy atom. The lowest BCUT2D eigenvalue weighted by molar-refractivity contribution is -0.137. The van der Waals surface area contributed by atoms with Gasteiger partial charge in [-0.15, -0.1) is 0 Å². The normalized spacial score (nSPS) is 11.4. The number of rotatable bonds is 8. The van der Waals surface area contributed by atoms with Crippen molar-refractivity contribution in [3.05, 3.63) is 69.1 Å². The molecule has 2 heterocycles. The number of benzene rings is 2. The van der Waals surface area contributed by atoms with Crippen molar-refractivity contribution < 1.29 is 14.6 Å². The molecule has 0 spiro atoms. The van der Waals surface area contributed by atoms with Crippen LogP contribution in [0, 0.1) is 34.6 Å². The molecule has 0 aliphatic carbocycles. The zero-order valence-corrected chi connectivity index (χ0v) is 21.0. The number of ether oxygens (including phenoxy) is 1. The van der Waals surface area contributed by atoms with E-state index in [2.05, 4.69) is 16.3 Å². The van der Waals surface area contributed by atoms with E-state index in [1.165, 1.54) is 0 Å². The smallest absolute Gasteiger partial charge is 0.323 e. The van der Waals surface area contributed by atoms with Crippen LogP contribution in [0.2, 0.25) is 5.02 Å². The van der Waals surface area contributed by atoms with Crippen LogP contribution in [0.4, 0.5) is 0 Å². The summed E-state index contributed by atoms with van der Waals surface area (Å²) in [5.74, 6) is -0.0450. The Hall–Kier alpha value is -3.25. The van der Waals surface area contributed by atoms with Gasteiger partial charge in [0, 0.05) is 32.9 Å². The molecule has 0 atom stereocenters. The lowest BCUT2D eigenvalue weighted by Gasteiger charge is -2.10. The Morgan fingerprint density at radius 1 is 1.15 bits per heavy atom. The lowest BCUT2D eigenvalue weighted by Crippen LogP contribution is -2.11. The summed E-state index contributed by atoms with van der Waals surface area (Å²) in [6.07, 6.45) is 1.59. The first kappa shape index (κ1) is 23.9. The van der Waals surface area contributed by atoms with Crippen molar-refractivity contribution in [3.63, 3.8) is 0 Å². The summed E-state index contributed by atoms with van der Waals surface area (Å²) in [6, 6.07) is 10.1. The lowest BCUT2D eigenvalue weighted by atomic mass is 9.99. The van der Waals surface area contributed by atoms with E-state index in [-0.39, 0.29) is 6.54 Å². The fraction of sp³-hybridized carbons (Fsp3) is 0.333. The highest BCUT2D eigenvalue weighted by Crippen LogP contribution is 2.37. The summed E-state index contributed by atoms with van der Waals surface area (Å²) in [7, 11) is 0. The number of para-hydroxylation sites is 1. The number of carboxylic acid groups (broad SMARTS) is 1. The molecule has 2 aromatic heterocycles. The Labute approximate surface area is 204 Å². The van der Waals surface area contributed by atoms with Crippen molar-refractivity contribution in [1.82, 2.24) is 14.8 Å². The Balaban J connectivity index is 1.66. The minimum Gasteiger partial charge on any atom is -0.494 e. The number of carbonyl (C=O) groups is 1. The maximum Gasteiger partial charge on any atom is 0.323 e. The zero-order chi connectivity index (χ0) is 24.6. The van der Waals surface area contributed by atoms with E-state index in [9.17, 15) is 9.90 Å². The summed E-state index contributed by atoms with van der Waals surface area (Å²) < 4.78 is 7.93. The highest BCUT2D eigenvalue weighted by molar-refractivity contribution is 6.32. The molecule has 0 aliphatic rings. The monoisotopic (exact) mass is 479 g/mol. The number of H-pyrrole nitrogens is 1. The minimum atomic E-state index is -0.862. The van der Waals surface area contributed by atoms with Crippen LogP contribution in [0.15, 0.2) is 30.3 Å². The van der Waals surface area contributed by atoms with Crippen molar-refractivity contribution in [1.29, 1.82) is 0 Å². The summed E-state index contributed by atoms with van der Waals surface area (Å²) in [5, 5.41) is 18.9. The Morgan fingerprint density at radius 3 is 2.47 bits per heavy atom. The molecule has 34 heavy (non-hydrogen) atoms. The van der Waals surface area contributed by atoms with Crippen LogP contribution >= 0.6 is 11.6 Å². The van der Waals surface area contributed by atoms with Crippen LogP contribution in [0.5, 0.6) is 5.75 Å². The van der Waals surface area contributed by atoms with E-state index in [0.717, 1.165) is 79.4 Å². The van der Waals surface area contributed by atoms with Crippen molar-refractivity contribution in [2.75, 3.05) is 6.61 Å². The molecule has 2 N–H and O–H groups in total. The van der Waals surface area contributed by atoms with E-state index < -0.39 is 5.97 Å². The third-order valence-electron chi connectivity index (χ3n) is 6.41.